The van der Waals surface area contributed by atoms with E-state index in [1.54, 1.807) is 18.5 Å². The second kappa shape index (κ2) is 17.8. The minimum atomic E-state index is -4.89. The van der Waals surface area contributed by atoms with Gasteiger partial charge in [-0.25, -0.2) is 0 Å². The molecule has 0 saturated heterocycles. The van der Waals surface area contributed by atoms with Crippen molar-refractivity contribution in [1.29, 1.82) is 0 Å². The summed E-state index contributed by atoms with van der Waals surface area (Å²) in [6, 6.07) is 0. The molecular weight excluding hydrogens is 320 g/mol. The van der Waals surface area contributed by atoms with Gasteiger partial charge in [-0.1, -0.05) is 40.0 Å². The quantitative estimate of drug-likeness (QED) is 0.549. The van der Waals surface area contributed by atoms with Gasteiger partial charge in [0.2, 0.25) is 0 Å². The number of nitrogens with one attached hydrogen (secondary N) is 1. The summed E-state index contributed by atoms with van der Waals surface area (Å²) in [6.07, 6.45) is 13.2. The van der Waals surface area contributed by atoms with E-state index >= 15 is 0 Å². The van der Waals surface area contributed by atoms with Crippen LogP contribution < -0.4 is 10.2 Å². The summed E-state index contributed by atoms with van der Waals surface area (Å²) in [5, 5.41) is 2.75. The molecule has 0 radical (unpaired) electrons. The molecule has 0 aromatic carbocycles. The van der Waals surface area contributed by atoms with Crippen molar-refractivity contribution in [3.05, 3.63) is 0 Å². The molecule has 5 nitrogen and oxygen atoms in total. The van der Waals surface area contributed by atoms with Crippen LogP contribution in [0.1, 0.15) is 59.3 Å². The van der Waals surface area contributed by atoms with Crippen LogP contribution in [0.15, 0.2) is 0 Å². The van der Waals surface area contributed by atoms with E-state index in [2.05, 4.69) is 32.8 Å². The number of hydrogen-bond acceptors (Lipinski definition) is 3. The zero-order chi connectivity index (χ0) is 18.1. The first kappa shape index (κ1) is 27.4. The summed E-state index contributed by atoms with van der Waals surface area (Å²) in [6.45, 7) is 9.59. The molecule has 0 aromatic rings. The molecule has 0 unspecified atom stereocenters. The van der Waals surface area contributed by atoms with Crippen LogP contribution in [-0.4, -0.2) is 49.0 Å². The fourth-order valence-electron chi connectivity index (χ4n) is 1.95. The molecule has 0 heterocycles. The van der Waals surface area contributed by atoms with Crippen LogP contribution in [0.5, 0.6) is 0 Å². The minimum absolute atomic E-state index is 0.519. The average Bonchev–Trinajstić information content (AvgIpc) is 2.40. The van der Waals surface area contributed by atoms with Gasteiger partial charge in [0, 0.05) is 13.9 Å². The highest BCUT2D eigenvalue weighted by Gasteiger charge is 2.28. The molecule has 0 spiro atoms. The van der Waals surface area contributed by atoms with Crippen molar-refractivity contribution in [3.8, 4) is 0 Å². The van der Waals surface area contributed by atoms with Crippen LogP contribution >= 0.6 is 15.1 Å². The summed E-state index contributed by atoms with van der Waals surface area (Å²) in [5.41, 5.74) is 0. The van der Waals surface area contributed by atoms with Crippen LogP contribution in [0, 0.1) is 0 Å². The molecule has 7 heteroatoms. The Morgan fingerprint density at radius 2 is 1.09 bits per heavy atom. The fourth-order valence-corrected chi connectivity index (χ4v) is 5.86. The topological polar surface area (TPSA) is 92.6 Å². The van der Waals surface area contributed by atoms with Crippen molar-refractivity contribution in [2.45, 2.75) is 59.3 Å². The van der Waals surface area contributed by atoms with Crippen molar-refractivity contribution in [2.75, 3.05) is 39.2 Å². The van der Waals surface area contributed by atoms with Gasteiger partial charge in [-0.2, -0.15) is 0 Å². The summed E-state index contributed by atoms with van der Waals surface area (Å²) in [5.74, 6) is 0. The molecule has 22 heavy (non-hydrogen) atoms. The van der Waals surface area contributed by atoms with E-state index < -0.39 is 15.1 Å². The number of unbranched alkanes of at least 4 members (excludes halogenated alkanes) is 3. The fraction of sp³-hybridized carbons (Fsp3) is 1.00. The van der Waals surface area contributed by atoms with Gasteiger partial charge in [-0.15, -0.1) is 0 Å². The van der Waals surface area contributed by atoms with Gasteiger partial charge in [-0.3, -0.25) is 4.57 Å². The summed E-state index contributed by atoms with van der Waals surface area (Å²) >= 11 is 0. The molecule has 138 valence electrons. The number of hydrogen-bond donors (Lipinski definition) is 3. The van der Waals surface area contributed by atoms with Gasteiger partial charge in [0.05, 0.1) is 18.5 Å². The first-order valence-electron chi connectivity index (χ1n) is 8.28. The third-order valence-corrected chi connectivity index (χ3v) is 7.34. The molecule has 0 rings (SSSR count). The molecule has 0 atom stereocenters. The van der Waals surface area contributed by atoms with E-state index in [0.717, 1.165) is 0 Å². The Morgan fingerprint density at radius 3 is 1.23 bits per heavy atom. The molecule has 0 amide bonds. The van der Waals surface area contributed by atoms with Crippen LogP contribution in [0.25, 0.3) is 0 Å². The van der Waals surface area contributed by atoms with E-state index in [1.165, 1.54) is 38.5 Å². The Hall–Kier alpha value is 0.500. The van der Waals surface area contributed by atoms with Gasteiger partial charge in [0.1, 0.15) is 0 Å². The zero-order valence-electron chi connectivity index (χ0n) is 15.5. The maximum absolute atomic E-state index is 8.77. The lowest BCUT2D eigenvalue weighted by Gasteiger charge is -2.22. The van der Waals surface area contributed by atoms with Crippen molar-refractivity contribution in [3.63, 3.8) is 0 Å². The number of phosphoric acid groups is 1. The Kier molecular flexibility index (Phi) is 22.2. The summed E-state index contributed by atoms with van der Waals surface area (Å²) in [7, 11) is -1.66. The van der Waals surface area contributed by atoms with Gasteiger partial charge >= 0.3 is 0 Å². The zero-order valence-corrected chi connectivity index (χ0v) is 17.3. The molecule has 3 N–H and O–H groups in total. The van der Waals surface area contributed by atoms with Crippen molar-refractivity contribution in [2.24, 2.45) is 0 Å². The highest BCUT2D eigenvalue weighted by atomic mass is 31.2. The molecule has 0 bridgehead atoms. The van der Waals surface area contributed by atoms with E-state index in [9.17, 15) is 0 Å². The van der Waals surface area contributed by atoms with Crippen molar-refractivity contribution in [1.82, 2.24) is 5.32 Å². The molecular formula is C15H39NO4P2. The highest BCUT2D eigenvalue weighted by Crippen LogP contribution is 2.57. The van der Waals surface area contributed by atoms with E-state index in [4.69, 9.17) is 19.2 Å². The Bertz CT molecular complexity index is 230. The van der Waals surface area contributed by atoms with Crippen LogP contribution in [0.3, 0.4) is 0 Å². The minimum Gasteiger partial charge on any atom is -0.756 e. The van der Waals surface area contributed by atoms with Crippen LogP contribution in [-0.2, 0) is 4.57 Å². The molecule has 0 fully saturated rings. The van der Waals surface area contributed by atoms with Gasteiger partial charge in [-0.05, 0) is 33.4 Å². The smallest absolute Gasteiger partial charge is 0.262 e. The number of rotatable bonds is 9. The van der Waals surface area contributed by atoms with Gasteiger partial charge in [0.25, 0.3) is 7.82 Å². The molecule has 0 aromatic heterocycles. The van der Waals surface area contributed by atoms with Gasteiger partial charge < -0.3 is 20.0 Å². The van der Waals surface area contributed by atoms with Crippen molar-refractivity contribution < 1.29 is 19.2 Å². The predicted octanol–water partition coefficient (Wildman–Crippen LogP) is 3.31. The van der Waals surface area contributed by atoms with Crippen molar-refractivity contribution >= 4 is 15.1 Å². The van der Waals surface area contributed by atoms with Crippen LogP contribution in [0.4, 0.5) is 0 Å². The summed E-state index contributed by atoms with van der Waals surface area (Å²) < 4.78 is 8.77. The Balaban J connectivity index is -0.000000373. The SMILES string of the molecule is CCCC[P+](C)(CCCC)CCCC.CNC.O=P([O-])(O)O. The molecule has 0 aliphatic carbocycles. The predicted molar refractivity (Wildman–Crippen MR) is 99.2 cm³/mol. The van der Waals surface area contributed by atoms with E-state index in [-0.39, 0.29) is 0 Å². The maximum Gasteiger partial charge on any atom is 0.262 e. The Morgan fingerprint density at radius 1 is 0.909 bits per heavy atom. The molecule has 0 aliphatic heterocycles. The largest absolute Gasteiger partial charge is 0.756 e. The van der Waals surface area contributed by atoms with Gasteiger partial charge in [0.15, 0.2) is 0 Å². The lowest BCUT2D eigenvalue weighted by molar-refractivity contribution is -0.214. The summed E-state index contributed by atoms with van der Waals surface area (Å²) in [4.78, 5) is 22.9. The van der Waals surface area contributed by atoms with E-state index in [1.807, 2.05) is 14.1 Å². The highest BCUT2D eigenvalue weighted by molar-refractivity contribution is 7.75. The lowest BCUT2D eigenvalue weighted by atomic mass is 10.4. The maximum atomic E-state index is 8.77. The standard InChI is InChI=1S/C13H30P.C2H7N.H3O4P/c1-5-8-11-14(4,12-9-6-2)13-10-7-3;1-3-2;1-5(2,3)4/h5-13H2,1-4H3;3H,1-2H3;(H3,1,2,3,4)/q+1;;/p-1. The monoisotopic (exact) mass is 359 g/mol. The average molecular weight is 359 g/mol. The van der Waals surface area contributed by atoms with Crippen LogP contribution in [0.2, 0.25) is 0 Å². The Labute approximate surface area is 138 Å². The first-order valence-corrected chi connectivity index (χ1v) is 12.6. The third-order valence-electron chi connectivity index (χ3n) is 3.15. The lowest BCUT2D eigenvalue weighted by Crippen LogP contribution is -2.07. The first-order chi connectivity index (χ1) is 10.1. The second-order valence-electron chi connectivity index (χ2n) is 5.84. The van der Waals surface area contributed by atoms with E-state index in [0.29, 0.717) is 0 Å². The normalized spacial score (nSPS) is 11.1. The molecule has 0 aliphatic rings. The third kappa shape index (κ3) is 32.4. The second-order valence-corrected chi connectivity index (χ2v) is 11.4. The molecule has 0 saturated carbocycles.